The van der Waals surface area contributed by atoms with Crippen LogP contribution in [0.4, 0.5) is 0 Å². The Morgan fingerprint density at radius 1 is 1.38 bits per heavy atom. The zero-order valence-electron chi connectivity index (χ0n) is 8.06. The van der Waals surface area contributed by atoms with Gasteiger partial charge in [-0.3, -0.25) is 0 Å². The molecule has 0 amide bonds. The molecule has 13 heavy (non-hydrogen) atoms. The summed E-state index contributed by atoms with van der Waals surface area (Å²) in [6.07, 6.45) is 0. The summed E-state index contributed by atoms with van der Waals surface area (Å²) in [6, 6.07) is 0. The van der Waals surface area contributed by atoms with E-state index in [2.05, 4.69) is 10.4 Å². The van der Waals surface area contributed by atoms with Gasteiger partial charge >= 0.3 is 5.69 Å². The highest BCUT2D eigenvalue weighted by atomic mass is 16.3. The number of aromatic nitrogens is 4. The molecule has 0 saturated carbocycles. The lowest BCUT2D eigenvalue weighted by atomic mass is 10.1. The molecule has 0 saturated heterocycles. The van der Waals surface area contributed by atoms with E-state index in [1.165, 1.54) is 4.68 Å². The first-order valence-electron chi connectivity index (χ1n) is 4.11. The van der Waals surface area contributed by atoms with Gasteiger partial charge in [-0.1, -0.05) is 0 Å². The van der Waals surface area contributed by atoms with Crippen molar-refractivity contribution in [3.63, 3.8) is 0 Å². The SMILES string of the molecule is CC(C)(C)n1nnn(CCO)c1=O. The molecule has 0 aliphatic heterocycles. The average molecular weight is 186 g/mol. The molecule has 0 aromatic carbocycles. The maximum absolute atomic E-state index is 11.5. The number of nitrogens with zero attached hydrogens (tertiary/aromatic N) is 4. The molecule has 0 atom stereocenters. The lowest BCUT2D eigenvalue weighted by Gasteiger charge is -2.15. The third-order valence-electron chi connectivity index (χ3n) is 1.59. The number of aliphatic hydroxyl groups is 1. The number of rotatable bonds is 2. The van der Waals surface area contributed by atoms with Gasteiger partial charge in [-0.05, 0) is 31.2 Å². The summed E-state index contributed by atoms with van der Waals surface area (Å²) < 4.78 is 2.44. The van der Waals surface area contributed by atoms with Gasteiger partial charge < -0.3 is 5.11 Å². The Balaban J connectivity index is 3.07. The quantitative estimate of drug-likeness (QED) is 0.655. The Kier molecular flexibility index (Phi) is 2.51. The topological polar surface area (TPSA) is 72.9 Å². The van der Waals surface area contributed by atoms with Gasteiger partial charge in [-0.15, -0.1) is 0 Å². The molecule has 6 heteroatoms. The van der Waals surface area contributed by atoms with E-state index in [-0.39, 0.29) is 24.4 Å². The summed E-state index contributed by atoms with van der Waals surface area (Å²) in [5, 5.41) is 16.0. The molecule has 6 nitrogen and oxygen atoms in total. The highest BCUT2D eigenvalue weighted by Gasteiger charge is 2.19. The standard InChI is InChI=1S/C7H14N4O2/c1-7(2,3)11-6(13)10(4-5-12)8-9-11/h12H,4-5H2,1-3H3. The van der Waals surface area contributed by atoms with E-state index in [0.717, 1.165) is 4.68 Å². The molecular formula is C7H14N4O2. The average Bonchev–Trinajstić information content (AvgIpc) is 2.32. The minimum Gasteiger partial charge on any atom is -0.394 e. The van der Waals surface area contributed by atoms with Crippen molar-refractivity contribution in [1.29, 1.82) is 0 Å². The zero-order valence-corrected chi connectivity index (χ0v) is 8.06. The third kappa shape index (κ3) is 1.95. The predicted molar refractivity (Wildman–Crippen MR) is 46.4 cm³/mol. The molecule has 0 fully saturated rings. The Hall–Kier alpha value is -1.17. The first kappa shape index (κ1) is 9.91. The fourth-order valence-corrected chi connectivity index (χ4v) is 0.930. The van der Waals surface area contributed by atoms with E-state index >= 15 is 0 Å². The molecule has 1 heterocycles. The van der Waals surface area contributed by atoms with Gasteiger partial charge in [-0.2, -0.15) is 9.36 Å². The van der Waals surface area contributed by atoms with Gasteiger partial charge in [0.25, 0.3) is 0 Å². The van der Waals surface area contributed by atoms with Crippen molar-refractivity contribution in [2.45, 2.75) is 32.9 Å². The molecule has 0 aliphatic rings. The highest BCUT2D eigenvalue weighted by Crippen LogP contribution is 2.06. The first-order valence-corrected chi connectivity index (χ1v) is 4.11. The van der Waals surface area contributed by atoms with Crippen LogP contribution in [0, 0.1) is 0 Å². The van der Waals surface area contributed by atoms with Gasteiger partial charge in [0.15, 0.2) is 0 Å². The van der Waals surface area contributed by atoms with Crippen LogP contribution in [0.3, 0.4) is 0 Å². The van der Waals surface area contributed by atoms with Crippen molar-refractivity contribution in [2.24, 2.45) is 0 Å². The van der Waals surface area contributed by atoms with Crippen LogP contribution < -0.4 is 5.69 Å². The lowest BCUT2D eigenvalue weighted by Crippen LogP contribution is -2.36. The zero-order chi connectivity index (χ0) is 10.1. The van der Waals surface area contributed by atoms with E-state index in [9.17, 15) is 4.79 Å². The lowest BCUT2D eigenvalue weighted by molar-refractivity contribution is 0.265. The van der Waals surface area contributed by atoms with Crippen LogP contribution in [0.25, 0.3) is 0 Å². The second-order valence-corrected chi connectivity index (χ2v) is 3.79. The van der Waals surface area contributed by atoms with Crippen molar-refractivity contribution in [2.75, 3.05) is 6.61 Å². The second-order valence-electron chi connectivity index (χ2n) is 3.79. The van der Waals surface area contributed by atoms with Crippen LogP contribution in [-0.2, 0) is 12.1 Å². The smallest absolute Gasteiger partial charge is 0.364 e. The summed E-state index contributed by atoms with van der Waals surface area (Å²) in [4.78, 5) is 11.5. The summed E-state index contributed by atoms with van der Waals surface area (Å²) in [6.45, 7) is 5.68. The second kappa shape index (κ2) is 3.29. The molecular weight excluding hydrogens is 172 g/mol. The van der Waals surface area contributed by atoms with E-state index in [4.69, 9.17) is 5.11 Å². The predicted octanol–water partition coefficient (Wildman–Crippen LogP) is -0.813. The minimum atomic E-state index is -0.370. The summed E-state index contributed by atoms with van der Waals surface area (Å²) in [7, 11) is 0. The van der Waals surface area contributed by atoms with Gasteiger partial charge in [-0.25, -0.2) is 4.79 Å². The maximum Gasteiger partial charge on any atom is 0.364 e. The van der Waals surface area contributed by atoms with Gasteiger partial charge in [0.1, 0.15) is 0 Å². The maximum atomic E-state index is 11.5. The molecule has 1 aromatic rings. The first-order chi connectivity index (χ1) is 5.96. The van der Waals surface area contributed by atoms with Crippen molar-refractivity contribution in [3.05, 3.63) is 10.5 Å². The van der Waals surface area contributed by atoms with Crippen LogP contribution >= 0.6 is 0 Å². The number of tetrazole rings is 1. The molecule has 1 aromatic heterocycles. The van der Waals surface area contributed by atoms with E-state index in [1.807, 2.05) is 20.8 Å². The molecule has 0 unspecified atom stereocenters. The fraction of sp³-hybridized carbons (Fsp3) is 0.857. The van der Waals surface area contributed by atoms with Crippen molar-refractivity contribution < 1.29 is 5.11 Å². The molecule has 74 valence electrons. The monoisotopic (exact) mass is 186 g/mol. The summed E-state index contributed by atoms with van der Waals surface area (Å²) in [5.41, 5.74) is -0.660. The van der Waals surface area contributed by atoms with Crippen LogP contribution in [0.15, 0.2) is 4.79 Å². The minimum absolute atomic E-state index is 0.108. The van der Waals surface area contributed by atoms with Gasteiger partial charge in [0.2, 0.25) is 0 Å². The van der Waals surface area contributed by atoms with Crippen molar-refractivity contribution in [1.82, 2.24) is 19.8 Å². The number of hydrogen-bond acceptors (Lipinski definition) is 4. The Bertz CT molecular complexity index is 333. The van der Waals surface area contributed by atoms with Gasteiger partial charge in [0, 0.05) is 0 Å². The Morgan fingerprint density at radius 3 is 2.38 bits per heavy atom. The van der Waals surface area contributed by atoms with E-state index < -0.39 is 0 Å². The molecule has 0 radical (unpaired) electrons. The summed E-state index contributed by atoms with van der Waals surface area (Å²) in [5.74, 6) is 0. The van der Waals surface area contributed by atoms with Crippen LogP contribution in [0.2, 0.25) is 0 Å². The van der Waals surface area contributed by atoms with E-state index in [0.29, 0.717) is 0 Å². The fourth-order valence-electron chi connectivity index (χ4n) is 0.930. The third-order valence-corrected chi connectivity index (χ3v) is 1.59. The van der Waals surface area contributed by atoms with E-state index in [1.54, 1.807) is 0 Å². The normalized spacial score (nSPS) is 12.0. The van der Waals surface area contributed by atoms with Crippen LogP contribution in [0.5, 0.6) is 0 Å². The van der Waals surface area contributed by atoms with Gasteiger partial charge in [0.05, 0.1) is 18.7 Å². The molecule has 0 spiro atoms. The molecule has 1 N–H and O–H groups in total. The Labute approximate surface area is 75.8 Å². The summed E-state index contributed by atoms with van der Waals surface area (Å²) >= 11 is 0. The van der Waals surface area contributed by atoms with Crippen molar-refractivity contribution >= 4 is 0 Å². The van der Waals surface area contributed by atoms with Crippen LogP contribution in [0.1, 0.15) is 20.8 Å². The highest BCUT2D eigenvalue weighted by molar-refractivity contribution is 4.71. The number of hydrogen-bond donors (Lipinski definition) is 1. The largest absolute Gasteiger partial charge is 0.394 e. The molecule has 1 rings (SSSR count). The van der Waals surface area contributed by atoms with Crippen LogP contribution in [-0.4, -0.2) is 31.5 Å². The Morgan fingerprint density at radius 2 is 2.00 bits per heavy atom. The van der Waals surface area contributed by atoms with Crippen molar-refractivity contribution in [3.8, 4) is 0 Å². The molecule has 0 aliphatic carbocycles. The molecule has 0 bridgehead atoms. The number of aliphatic hydroxyl groups excluding tert-OH is 1.